The number of ether oxygens (including phenoxy) is 2. The normalized spacial score (nSPS) is 20.0. The molecule has 1 aliphatic rings. The number of rotatable bonds is 4. The van der Waals surface area contributed by atoms with E-state index in [1.54, 1.807) is 7.11 Å². The van der Waals surface area contributed by atoms with Crippen LogP contribution in [0.5, 0.6) is 0 Å². The maximum atomic E-state index is 5.58. The number of anilines is 1. The van der Waals surface area contributed by atoms with Gasteiger partial charge in [-0.3, -0.25) is 0 Å². The molecular weight excluding hydrogens is 206 g/mol. The standard InChI is InChI=1S/C11H17N3O2/c1-12-10-6-8(7-15-2)13-11(14-10)9-4-3-5-16-9/h6,9H,3-5,7H2,1-2H3,(H,12,13,14). The van der Waals surface area contributed by atoms with Gasteiger partial charge in [-0.2, -0.15) is 0 Å². The molecule has 0 aliphatic carbocycles. The Morgan fingerprint density at radius 2 is 2.44 bits per heavy atom. The Bertz CT molecular complexity index is 351. The van der Waals surface area contributed by atoms with Gasteiger partial charge in [-0.15, -0.1) is 0 Å². The van der Waals surface area contributed by atoms with Gasteiger partial charge in [0, 0.05) is 26.8 Å². The number of methoxy groups -OCH3 is 1. The molecule has 1 saturated heterocycles. The molecule has 0 amide bonds. The van der Waals surface area contributed by atoms with Crippen LogP contribution in [0.3, 0.4) is 0 Å². The summed E-state index contributed by atoms with van der Waals surface area (Å²) in [6.07, 6.45) is 2.13. The molecule has 1 atom stereocenters. The number of nitrogens with zero attached hydrogens (tertiary/aromatic N) is 2. The molecule has 2 heterocycles. The van der Waals surface area contributed by atoms with Crippen LogP contribution in [-0.4, -0.2) is 30.7 Å². The minimum absolute atomic E-state index is 0.0453. The molecule has 16 heavy (non-hydrogen) atoms. The lowest BCUT2D eigenvalue weighted by Gasteiger charge is -2.11. The second-order valence-electron chi connectivity index (χ2n) is 3.79. The van der Waals surface area contributed by atoms with Gasteiger partial charge in [0.15, 0.2) is 5.82 Å². The van der Waals surface area contributed by atoms with E-state index in [-0.39, 0.29) is 6.10 Å². The summed E-state index contributed by atoms with van der Waals surface area (Å²) in [6, 6.07) is 1.89. The van der Waals surface area contributed by atoms with E-state index in [4.69, 9.17) is 9.47 Å². The predicted molar refractivity (Wildman–Crippen MR) is 60.2 cm³/mol. The average molecular weight is 223 g/mol. The summed E-state index contributed by atoms with van der Waals surface area (Å²) in [5.41, 5.74) is 0.882. The van der Waals surface area contributed by atoms with Gasteiger partial charge in [-0.05, 0) is 12.8 Å². The van der Waals surface area contributed by atoms with Gasteiger partial charge in [-0.25, -0.2) is 9.97 Å². The molecule has 0 spiro atoms. The lowest BCUT2D eigenvalue weighted by Crippen LogP contribution is -2.08. The Balaban J connectivity index is 2.24. The molecular formula is C11H17N3O2. The molecule has 0 saturated carbocycles. The minimum Gasteiger partial charge on any atom is -0.378 e. The van der Waals surface area contributed by atoms with E-state index in [1.807, 2.05) is 13.1 Å². The van der Waals surface area contributed by atoms with E-state index in [9.17, 15) is 0 Å². The third-order valence-corrected chi connectivity index (χ3v) is 2.56. The topological polar surface area (TPSA) is 56.3 Å². The largest absolute Gasteiger partial charge is 0.378 e. The summed E-state index contributed by atoms with van der Waals surface area (Å²) in [5, 5.41) is 3.03. The fourth-order valence-corrected chi connectivity index (χ4v) is 1.79. The quantitative estimate of drug-likeness (QED) is 0.838. The Hall–Kier alpha value is -1.20. The van der Waals surface area contributed by atoms with Crippen molar-refractivity contribution in [2.75, 3.05) is 26.1 Å². The third-order valence-electron chi connectivity index (χ3n) is 2.56. The van der Waals surface area contributed by atoms with Gasteiger partial charge in [0.2, 0.25) is 0 Å². The van der Waals surface area contributed by atoms with E-state index in [1.165, 1.54) is 0 Å². The molecule has 2 rings (SSSR count). The summed E-state index contributed by atoms with van der Waals surface area (Å²) in [6.45, 7) is 1.30. The van der Waals surface area contributed by atoms with Crippen molar-refractivity contribution in [1.82, 2.24) is 9.97 Å². The molecule has 1 N–H and O–H groups in total. The molecule has 0 bridgehead atoms. The summed E-state index contributed by atoms with van der Waals surface area (Å²) in [7, 11) is 3.51. The molecule has 1 aliphatic heterocycles. The second-order valence-corrected chi connectivity index (χ2v) is 3.79. The van der Waals surface area contributed by atoms with Gasteiger partial charge in [-0.1, -0.05) is 0 Å². The number of aromatic nitrogens is 2. The second kappa shape index (κ2) is 5.23. The van der Waals surface area contributed by atoms with Crippen LogP contribution >= 0.6 is 0 Å². The summed E-state index contributed by atoms with van der Waals surface area (Å²) >= 11 is 0. The van der Waals surface area contributed by atoms with E-state index in [0.717, 1.165) is 36.8 Å². The first-order valence-electron chi connectivity index (χ1n) is 5.49. The molecule has 5 heteroatoms. The smallest absolute Gasteiger partial charge is 0.159 e. The lowest BCUT2D eigenvalue weighted by atomic mass is 10.2. The molecule has 1 aromatic heterocycles. The molecule has 0 radical (unpaired) electrons. The predicted octanol–water partition coefficient (Wildman–Crippen LogP) is 1.52. The van der Waals surface area contributed by atoms with Crippen molar-refractivity contribution >= 4 is 5.82 Å². The Morgan fingerprint density at radius 3 is 3.06 bits per heavy atom. The van der Waals surface area contributed by atoms with Gasteiger partial charge in [0.05, 0.1) is 12.3 Å². The fourth-order valence-electron chi connectivity index (χ4n) is 1.79. The SMILES string of the molecule is CNc1cc(COC)nc(C2CCCO2)n1. The molecule has 0 aromatic carbocycles. The van der Waals surface area contributed by atoms with E-state index in [2.05, 4.69) is 15.3 Å². The van der Waals surface area contributed by atoms with Crippen LogP contribution in [-0.2, 0) is 16.1 Å². The van der Waals surface area contributed by atoms with Crippen LogP contribution < -0.4 is 5.32 Å². The number of nitrogens with one attached hydrogen (secondary N) is 1. The number of hydrogen-bond donors (Lipinski definition) is 1. The van der Waals surface area contributed by atoms with E-state index in [0.29, 0.717) is 6.61 Å². The van der Waals surface area contributed by atoms with Crippen LogP contribution in [0.1, 0.15) is 30.5 Å². The van der Waals surface area contributed by atoms with Gasteiger partial charge in [0.25, 0.3) is 0 Å². The first-order valence-corrected chi connectivity index (χ1v) is 5.49. The maximum absolute atomic E-state index is 5.58. The van der Waals surface area contributed by atoms with Crippen LogP contribution in [0, 0.1) is 0 Å². The lowest BCUT2D eigenvalue weighted by molar-refractivity contribution is 0.104. The highest BCUT2D eigenvalue weighted by Crippen LogP contribution is 2.26. The molecule has 5 nitrogen and oxygen atoms in total. The zero-order valence-corrected chi connectivity index (χ0v) is 9.69. The van der Waals surface area contributed by atoms with Crippen LogP contribution in [0.4, 0.5) is 5.82 Å². The zero-order valence-electron chi connectivity index (χ0n) is 9.69. The van der Waals surface area contributed by atoms with Crippen molar-refractivity contribution in [3.63, 3.8) is 0 Å². The molecule has 1 aromatic rings. The van der Waals surface area contributed by atoms with Gasteiger partial charge in [0.1, 0.15) is 11.9 Å². The van der Waals surface area contributed by atoms with Crippen molar-refractivity contribution in [2.24, 2.45) is 0 Å². The van der Waals surface area contributed by atoms with Crippen molar-refractivity contribution in [2.45, 2.75) is 25.6 Å². The fraction of sp³-hybridized carbons (Fsp3) is 0.636. The molecule has 88 valence electrons. The first kappa shape index (κ1) is 11.3. The third kappa shape index (κ3) is 2.48. The maximum Gasteiger partial charge on any atom is 0.159 e. The van der Waals surface area contributed by atoms with Gasteiger partial charge >= 0.3 is 0 Å². The monoisotopic (exact) mass is 223 g/mol. The van der Waals surface area contributed by atoms with Crippen LogP contribution in [0.2, 0.25) is 0 Å². The Kier molecular flexibility index (Phi) is 3.69. The van der Waals surface area contributed by atoms with Crippen molar-refractivity contribution in [3.8, 4) is 0 Å². The zero-order chi connectivity index (χ0) is 11.4. The molecule has 1 fully saturated rings. The number of hydrogen-bond acceptors (Lipinski definition) is 5. The Labute approximate surface area is 95.2 Å². The average Bonchev–Trinajstić information content (AvgIpc) is 2.82. The van der Waals surface area contributed by atoms with Crippen LogP contribution in [0.25, 0.3) is 0 Å². The molecule has 1 unspecified atom stereocenters. The van der Waals surface area contributed by atoms with Crippen molar-refractivity contribution in [1.29, 1.82) is 0 Å². The highest BCUT2D eigenvalue weighted by molar-refractivity contribution is 5.35. The minimum atomic E-state index is 0.0453. The van der Waals surface area contributed by atoms with Crippen molar-refractivity contribution in [3.05, 3.63) is 17.6 Å². The first-order chi connectivity index (χ1) is 7.83. The highest BCUT2D eigenvalue weighted by atomic mass is 16.5. The highest BCUT2D eigenvalue weighted by Gasteiger charge is 2.21. The van der Waals surface area contributed by atoms with Crippen LogP contribution in [0.15, 0.2) is 6.07 Å². The summed E-state index contributed by atoms with van der Waals surface area (Å²) in [5.74, 6) is 1.57. The van der Waals surface area contributed by atoms with Crippen molar-refractivity contribution < 1.29 is 9.47 Å². The summed E-state index contributed by atoms with van der Waals surface area (Å²) < 4.78 is 10.7. The van der Waals surface area contributed by atoms with E-state index < -0.39 is 0 Å². The van der Waals surface area contributed by atoms with Gasteiger partial charge < -0.3 is 14.8 Å². The Morgan fingerprint density at radius 1 is 1.56 bits per heavy atom. The van der Waals surface area contributed by atoms with E-state index >= 15 is 0 Å². The summed E-state index contributed by atoms with van der Waals surface area (Å²) in [4.78, 5) is 8.87.